The van der Waals surface area contributed by atoms with Crippen LogP contribution in [0.1, 0.15) is 21.0 Å². The number of hydrogen-bond acceptors (Lipinski definition) is 3. The van der Waals surface area contributed by atoms with E-state index in [1.54, 1.807) is 60.7 Å². The molecule has 5 rings (SSSR count). The van der Waals surface area contributed by atoms with Gasteiger partial charge in [-0.05, 0) is 31.0 Å². The first-order valence-corrected chi connectivity index (χ1v) is 12.2. The lowest BCUT2D eigenvalue weighted by Crippen LogP contribution is -2.49. The number of hydrogen-bond donors (Lipinski definition) is 0. The maximum atomic E-state index is 15.2. The van der Waals surface area contributed by atoms with Crippen molar-refractivity contribution in [1.82, 2.24) is 4.98 Å². The number of benzene rings is 2. The normalized spacial score (nSPS) is 18.3. The molecule has 0 N–H and O–H groups in total. The molecule has 1 aliphatic rings. The molecule has 2 aromatic carbocycles. The second-order valence-corrected chi connectivity index (χ2v) is 10.7. The Labute approximate surface area is 205 Å². The lowest BCUT2D eigenvalue weighted by atomic mass is 9.97. The molecule has 0 radical (unpaired) electrons. The van der Waals surface area contributed by atoms with Gasteiger partial charge in [-0.15, -0.1) is 22.7 Å². The molecule has 0 spiro atoms. The van der Waals surface area contributed by atoms with E-state index in [2.05, 4.69) is 4.98 Å². The number of halogens is 6. The van der Waals surface area contributed by atoms with Gasteiger partial charge in [-0.1, -0.05) is 60.7 Å². The van der Waals surface area contributed by atoms with E-state index in [0.29, 0.717) is 16.0 Å². The Morgan fingerprint density at radius 1 is 0.657 bits per heavy atom. The van der Waals surface area contributed by atoms with Gasteiger partial charge >= 0.3 is 17.8 Å². The minimum Gasteiger partial charge on any atom is -0.236 e. The third-order valence-corrected chi connectivity index (χ3v) is 8.09. The Kier molecular flexibility index (Phi) is 5.49. The Bertz CT molecular complexity index is 1330. The van der Waals surface area contributed by atoms with Gasteiger partial charge in [0.25, 0.3) is 0 Å². The van der Waals surface area contributed by atoms with E-state index in [4.69, 9.17) is 0 Å². The van der Waals surface area contributed by atoms with E-state index < -0.39 is 34.6 Å². The molecule has 0 aliphatic heterocycles. The van der Waals surface area contributed by atoms with Gasteiger partial charge in [-0.2, -0.15) is 26.3 Å². The van der Waals surface area contributed by atoms with Crippen LogP contribution in [0, 0.1) is 13.8 Å². The van der Waals surface area contributed by atoms with Gasteiger partial charge in [-0.3, -0.25) is 0 Å². The van der Waals surface area contributed by atoms with Gasteiger partial charge in [0.15, 0.2) is 0 Å². The van der Waals surface area contributed by atoms with Gasteiger partial charge in [0.05, 0.1) is 11.3 Å². The summed E-state index contributed by atoms with van der Waals surface area (Å²) in [6, 6.07) is 18.5. The number of rotatable bonds is 4. The molecule has 0 atom stereocenters. The predicted octanol–water partition coefficient (Wildman–Crippen LogP) is 8.99. The van der Waals surface area contributed by atoms with E-state index in [1.807, 2.05) is 0 Å². The fraction of sp³-hybridized carbons (Fsp3) is 0.192. The van der Waals surface area contributed by atoms with Gasteiger partial charge in [0, 0.05) is 25.8 Å². The molecule has 35 heavy (non-hydrogen) atoms. The molecule has 0 fully saturated rings. The van der Waals surface area contributed by atoms with Crippen LogP contribution in [0.3, 0.4) is 0 Å². The second-order valence-electron chi connectivity index (χ2n) is 8.21. The van der Waals surface area contributed by atoms with Crippen molar-refractivity contribution in [2.75, 3.05) is 0 Å². The van der Waals surface area contributed by atoms with Crippen LogP contribution < -0.4 is 0 Å². The summed E-state index contributed by atoms with van der Waals surface area (Å²) in [5, 5.41) is 0.284. The Hall–Kier alpha value is -2.91. The molecule has 1 nitrogen and oxygen atoms in total. The van der Waals surface area contributed by atoms with Crippen molar-refractivity contribution >= 4 is 33.8 Å². The zero-order valence-electron chi connectivity index (χ0n) is 18.4. The monoisotopic (exact) mass is 521 g/mol. The topological polar surface area (TPSA) is 12.9 Å². The second kappa shape index (κ2) is 8.06. The van der Waals surface area contributed by atoms with Crippen LogP contribution in [-0.2, 0) is 0 Å². The molecule has 2 aromatic heterocycles. The van der Waals surface area contributed by atoms with E-state index in [0.717, 1.165) is 22.7 Å². The number of thiophene rings is 1. The highest BCUT2D eigenvalue weighted by molar-refractivity contribution is 7.16. The summed E-state index contributed by atoms with van der Waals surface area (Å²) in [5.41, 5.74) is -2.38. The molecule has 0 unspecified atom stereocenters. The zero-order chi connectivity index (χ0) is 25.2. The average molecular weight is 522 g/mol. The Balaban J connectivity index is 1.78. The lowest BCUT2D eigenvalue weighted by Gasteiger charge is -2.25. The molecule has 2 heterocycles. The van der Waals surface area contributed by atoms with Crippen LogP contribution in [-0.4, -0.2) is 22.8 Å². The molecule has 9 heteroatoms. The summed E-state index contributed by atoms with van der Waals surface area (Å²) in [7, 11) is 0. The van der Waals surface area contributed by atoms with Crippen molar-refractivity contribution in [2.45, 2.75) is 31.6 Å². The summed E-state index contributed by atoms with van der Waals surface area (Å²) in [6.07, 6.45) is 0. The van der Waals surface area contributed by atoms with Crippen molar-refractivity contribution in [2.24, 2.45) is 0 Å². The van der Waals surface area contributed by atoms with Crippen LogP contribution in [0.15, 0.2) is 66.7 Å². The summed E-state index contributed by atoms with van der Waals surface area (Å²) in [6.45, 7) is 2.88. The first-order chi connectivity index (χ1) is 16.5. The summed E-state index contributed by atoms with van der Waals surface area (Å²) >= 11 is 2.08. The van der Waals surface area contributed by atoms with Gasteiger partial charge in [0.2, 0.25) is 0 Å². The molecular weight excluding hydrogens is 504 g/mol. The highest BCUT2D eigenvalue weighted by Gasteiger charge is 2.80. The van der Waals surface area contributed by atoms with E-state index in [1.165, 1.54) is 19.9 Å². The predicted molar refractivity (Wildman–Crippen MR) is 128 cm³/mol. The first kappa shape index (κ1) is 23.8. The van der Waals surface area contributed by atoms with Gasteiger partial charge in [0.1, 0.15) is 5.01 Å². The van der Waals surface area contributed by atoms with Crippen LogP contribution >= 0.6 is 22.7 Å². The smallest absolute Gasteiger partial charge is 0.236 e. The number of nitrogens with zero attached hydrogens (tertiary/aromatic N) is 1. The van der Waals surface area contributed by atoms with Crippen molar-refractivity contribution in [3.05, 3.63) is 87.7 Å². The third-order valence-electron chi connectivity index (χ3n) is 5.97. The highest BCUT2D eigenvalue weighted by atomic mass is 32.1. The molecular formula is C26H17F6NS2. The van der Waals surface area contributed by atoms with Crippen molar-refractivity contribution in [3.63, 3.8) is 0 Å². The third kappa shape index (κ3) is 3.47. The van der Waals surface area contributed by atoms with Crippen molar-refractivity contribution in [3.8, 4) is 21.0 Å². The van der Waals surface area contributed by atoms with E-state index >= 15 is 17.6 Å². The number of allylic oxidation sites excluding steroid dienone is 2. The van der Waals surface area contributed by atoms with Crippen molar-refractivity contribution < 1.29 is 26.3 Å². The molecule has 0 saturated carbocycles. The fourth-order valence-electron chi connectivity index (χ4n) is 4.20. The van der Waals surface area contributed by atoms with Crippen LogP contribution in [0.25, 0.3) is 32.2 Å². The maximum Gasteiger partial charge on any atom is 0.380 e. The summed E-state index contributed by atoms with van der Waals surface area (Å²) < 4.78 is 90.4. The van der Waals surface area contributed by atoms with Crippen LogP contribution in [0.4, 0.5) is 26.3 Å². The maximum absolute atomic E-state index is 15.2. The van der Waals surface area contributed by atoms with Crippen LogP contribution in [0.5, 0.6) is 0 Å². The SMILES string of the molecule is Cc1sc(-c2ccccc2)cc1C1=C(c2nc(-c3ccccc3)sc2C)C(F)(F)C(F)(F)C1(F)F. The minimum atomic E-state index is -5.62. The molecule has 0 bridgehead atoms. The number of aryl methyl sites for hydroxylation is 2. The number of aromatic nitrogens is 1. The largest absolute Gasteiger partial charge is 0.380 e. The lowest BCUT2D eigenvalue weighted by molar-refractivity contribution is -0.254. The highest BCUT2D eigenvalue weighted by Crippen LogP contribution is 2.65. The summed E-state index contributed by atoms with van der Waals surface area (Å²) in [4.78, 5) is 5.08. The fourth-order valence-corrected chi connectivity index (χ4v) is 6.16. The zero-order valence-corrected chi connectivity index (χ0v) is 20.0. The molecule has 0 amide bonds. The molecule has 1 aliphatic carbocycles. The molecule has 4 aromatic rings. The Morgan fingerprint density at radius 2 is 1.20 bits per heavy atom. The number of thiazole rings is 1. The minimum absolute atomic E-state index is 0.153. The Morgan fingerprint density at radius 3 is 1.80 bits per heavy atom. The first-order valence-electron chi connectivity index (χ1n) is 10.5. The molecule has 180 valence electrons. The number of alkyl halides is 6. The van der Waals surface area contributed by atoms with Gasteiger partial charge in [-0.25, -0.2) is 4.98 Å². The van der Waals surface area contributed by atoms with Crippen molar-refractivity contribution in [1.29, 1.82) is 0 Å². The summed E-state index contributed by atoms with van der Waals surface area (Å²) in [5.74, 6) is -15.8. The van der Waals surface area contributed by atoms with E-state index in [-0.39, 0.29) is 20.3 Å². The molecule has 0 saturated heterocycles. The van der Waals surface area contributed by atoms with Crippen LogP contribution in [0.2, 0.25) is 0 Å². The quantitative estimate of drug-likeness (QED) is 0.244. The average Bonchev–Trinajstić information content (AvgIpc) is 3.42. The standard InChI is InChI=1S/C26H17F6NS2/c1-14-18(13-19(34-14)16-9-5-3-6-10-16)20-21(25(29,30)26(31,32)24(20,27)28)22-15(2)35-23(33-22)17-11-7-4-8-12-17/h3-13H,1-2H3. The van der Waals surface area contributed by atoms with E-state index in [9.17, 15) is 8.78 Å². The van der Waals surface area contributed by atoms with Gasteiger partial charge < -0.3 is 0 Å².